The predicted molar refractivity (Wildman–Crippen MR) is 62.9 cm³/mol. The van der Waals surface area contributed by atoms with E-state index in [0.717, 1.165) is 12.8 Å². The Hall–Kier alpha value is -1.84. The van der Waals surface area contributed by atoms with E-state index in [-0.39, 0.29) is 5.91 Å². The summed E-state index contributed by atoms with van der Waals surface area (Å²) in [5, 5.41) is 0. The Balaban J connectivity index is 2.15. The lowest BCUT2D eigenvalue weighted by molar-refractivity contribution is 0.0757. The Bertz CT molecular complexity index is 395. The molecular formula is C12H15N3O. The number of nitrogens with zero attached hydrogens (tertiary/aromatic N) is 2. The molecule has 1 fully saturated rings. The normalized spacial score (nSPS) is 14.5. The SMILES string of the molecule is C=CCN(C(=O)c1ccc(N)cn1)C1CC1. The maximum atomic E-state index is 12.1. The highest BCUT2D eigenvalue weighted by molar-refractivity contribution is 5.93. The third-order valence-corrected chi connectivity index (χ3v) is 2.58. The maximum Gasteiger partial charge on any atom is 0.272 e. The zero-order valence-electron chi connectivity index (χ0n) is 9.10. The summed E-state index contributed by atoms with van der Waals surface area (Å²) in [6.45, 7) is 4.25. The molecule has 2 rings (SSSR count). The summed E-state index contributed by atoms with van der Waals surface area (Å²) >= 11 is 0. The van der Waals surface area contributed by atoms with Crippen molar-refractivity contribution in [2.24, 2.45) is 0 Å². The van der Waals surface area contributed by atoms with Gasteiger partial charge in [0.25, 0.3) is 5.91 Å². The lowest BCUT2D eigenvalue weighted by atomic mass is 10.3. The summed E-state index contributed by atoms with van der Waals surface area (Å²) in [5.74, 6) is -0.0394. The molecule has 1 aromatic rings. The van der Waals surface area contributed by atoms with E-state index in [4.69, 9.17) is 5.73 Å². The first-order valence-corrected chi connectivity index (χ1v) is 5.35. The molecule has 0 atom stereocenters. The van der Waals surface area contributed by atoms with E-state index < -0.39 is 0 Å². The van der Waals surface area contributed by atoms with Gasteiger partial charge in [-0.15, -0.1) is 6.58 Å². The first-order chi connectivity index (χ1) is 7.72. The molecule has 1 aliphatic carbocycles. The first kappa shape index (κ1) is 10.7. The Morgan fingerprint density at radius 3 is 2.88 bits per heavy atom. The van der Waals surface area contributed by atoms with Gasteiger partial charge in [-0.25, -0.2) is 4.98 Å². The number of amides is 1. The summed E-state index contributed by atoms with van der Waals surface area (Å²) in [5.41, 5.74) is 6.55. The summed E-state index contributed by atoms with van der Waals surface area (Å²) < 4.78 is 0. The summed E-state index contributed by atoms with van der Waals surface area (Å²) in [7, 11) is 0. The van der Waals surface area contributed by atoms with Gasteiger partial charge in [-0.05, 0) is 25.0 Å². The zero-order chi connectivity index (χ0) is 11.5. The number of aromatic nitrogens is 1. The second-order valence-corrected chi connectivity index (χ2v) is 3.95. The molecule has 0 spiro atoms. The van der Waals surface area contributed by atoms with Gasteiger partial charge >= 0.3 is 0 Å². The molecule has 1 saturated carbocycles. The van der Waals surface area contributed by atoms with Gasteiger partial charge in [-0.3, -0.25) is 4.79 Å². The Morgan fingerprint density at radius 1 is 1.62 bits per heavy atom. The van der Waals surface area contributed by atoms with Crippen molar-refractivity contribution in [3.05, 3.63) is 36.7 Å². The average Bonchev–Trinajstić information content (AvgIpc) is 3.10. The lowest BCUT2D eigenvalue weighted by Gasteiger charge is -2.19. The smallest absolute Gasteiger partial charge is 0.272 e. The molecular weight excluding hydrogens is 202 g/mol. The number of carbonyl (C=O) groups is 1. The van der Waals surface area contributed by atoms with Crippen LogP contribution in [0.25, 0.3) is 0 Å². The predicted octanol–water partition coefficient (Wildman–Crippen LogP) is 1.45. The molecule has 0 aliphatic heterocycles. The van der Waals surface area contributed by atoms with Crippen molar-refractivity contribution in [3.63, 3.8) is 0 Å². The molecule has 0 unspecified atom stereocenters. The number of rotatable bonds is 4. The summed E-state index contributed by atoms with van der Waals surface area (Å²) in [6, 6.07) is 3.72. The zero-order valence-corrected chi connectivity index (χ0v) is 9.10. The van der Waals surface area contributed by atoms with Crippen LogP contribution in [0.1, 0.15) is 23.3 Å². The van der Waals surface area contributed by atoms with Crippen molar-refractivity contribution in [1.82, 2.24) is 9.88 Å². The number of nitrogen functional groups attached to an aromatic ring is 1. The fourth-order valence-corrected chi connectivity index (χ4v) is 1.60. The molecule has 0 bridgehead atoms. The average molecular weight is 217 g/mol. The highest BCUT2D eigenvalue weighted by Crippen LogP contribution is 2.27. The molecule has 0 radical (unpaired) electrons. The molecule has 1 aromatic heterocycles. The van der Waals surface area contributed by atoms with Crippen LogP contribution in [0.5, 0.6) is 0 Å². The number of pyridine rings is 1. The molecule has 2 N–H and O–H groups in total. The quantitative estimate of drug-likeness (QED) is 0.777. The number of anilines is 1. The van der Waals surface area contributed by atoms with Crippen molar-refractivity contribution in [2.75, 3.05) is 12.3 Å². The molecule has 16 heavy (non-hydrogen) atoms. The van der Waals surface area contributed by atoms with Gasteiger partial charge in [0.15, 0.2) is 0 Å². The number of nitrogens with two attached hydrogens (primary N) is 1. The molecule has 1 heterocycles. The van der Waals surface area contributed by atoms with Crippen LogP contribution < -0.4 is 5.73 Å². The van der Waals surface area contributed by atoms with Crippen molar-refractivity contribution in [2.45, 2.75) is 18.9 Å². The number of hydrogen-bond donors (Lipinski definition) is 1. The van der Waals surface area contributed by atoms with Gasteiger partial charge in [0.1, 0.15) is 5.69 Å². The van der Waals surface area contributed by atoms with E-state index in [2.05, 4.69) is 11.6 Å². The largest absolute Gasteiger partial charge is 0.397 e. The minimum Gasteiger partial charge on any atom is -0.397 e. The number of carbonyl (C=O) groups excluding carboxylic acids is 1. The fourth-order valence-electron chi connectivity index (χ4n) is 1.60. The monoisotopic (exact) mass is 217 g/mol. The summed E-state index contributed by atoms with van der Waals surface area (Å²) in [4.78, 5) is 18.0. The molecule has 0 saturated heterocycles. The molecule has 1 aliphatic rings. The van der Waals surface area contributed by atoms with Gasteiger partial charge in [-0.1, -0.05) is 6.08 Å². The van der Waals surface area contributed by atoms with Crippen molar-refractivity contribution in [1.29, 1.82) is 0 Å². The second kappa shape index (κ2) is 4.35. The lowest BCUT2D eigenvalue weighted by Crippen LogP contribution is -2.33. The van der Waals surface area contributed by atoms with Crippen LogP contribution in [0.3, 0.4) is 0 Å². The van der Waals surface area contributed by atoms with Crippen LogP contribution in [0.4, 0.5) is 5.69 Å². The number of hydrogen-bond acceptors (Lipinski definition) is 3. The minimum atomic E-state index is -0.0394. The van der Waals surface area contributed by atoms with Gasteiger partial charge < -0.3 is 10.6 Å². The highest BCUT2D eigenvalue weighted by Gasteiger charge is 2.32. The van der Waals surface area contributed by atoms with E-state index >= 15 is 0 Å². The van der Waals surface area contributed by atoms with Gasteiger partial charge in [-0.2, -0.15) is 0 Å². The molecule has 84 valence electrons. The molecule has 1 amide bonds. The second-order valence-electron chi connectivity index (χ2n) is 3.95. The highest BCUT2D eigenvalue weighted by atomic mass is 16.2. The van der Waals surface area contributed by atoms with Crippen LogP contribution in [-0.2, 0) is 0 Å². The fraction of sp³-hybridized carbons (Fsp3) is 0.333. The van der Waals surface area contributed by atoms with E-state index in [1.54, 1.807) is 18.2 Å². The van der Waals surface area contributed by atoms with Crippen LogP contribution in [-0.4, -0.2) is 28.4 Å². The van der Waals surface area contributed by atoms with Crippen molar-refractivity contribution in [3.8, 4) is 0 Å². The molecule has 4 nitrogen and oxygen atoms in total. The molecule has 4 heteroatoms. The third kappa shape index (κ3) is 2.21. The van der Waals surface area contributed by atoms with Gasteiger partial charge in [0.2, 0.25) is 0 Å². The van der Waals surface area contributed by atoms with E-state index in [1.165, 1.54) is 6.20 Å². The topological polar surface area (TPSA) is 59.2 Å². The maximum absolute atomic E-state index is 12.1. The van der Waals surface area contributed by atoms with Crippen LogP contribution in [0.2, 0.25) is 0 Å². The standard InChI is InChI=1S/C12H15N3O/c1-2-7-15(10-4-5-10)12(16)11-6-3-9(13)8-14-11/h2-3,6,8,10H,1,4-5,7,13H2. The Kier molecular flexibility index (Phi) is 2.90. The van der Waals surface area contributed by atoms with Gasteiger partial charge in [0, 0.05) is 12.6 Å². The Labute approximate surface area is 94.8 Å². The van der Waals surface area contributed by atoms with Crippen LogP contribution in [0, 0.1) is 0 Å². The minimum absolute atomic E-state index is 0.0394. The van der Waals surface area contributed by atoms with Crippen LogP contribution >= 0.6 is 0 Å². The van der Waals surface area contributed by atoms with Crippen molar-refractivity contribution >= 4 is 11.6 Å². The van der Waals surface area contributed by atoms with Crippen LogP contribution in [0.15, 0.2) is 31.0 Å². The first-order valence-electron chi connectivity index (χ1n) is 5.35. The van der Waals surface area contributed by atoms with E-state index in [1.807, 2.05) is 4.90 Å². The third-order valence-electron chi connectivity index (χ3n) is 2.58. The van der Waals surface area contributed by atoms with E-state index in [0.29, 0.717) is 24.0 Å². The van der Waals surface area contributed by atoms with Gasteiger partial charge in [0.05, 0.1) is 11.9 Å². The summed E-state index contributed by atoms with van der Waals surface area (Å²) in [6.07, 6.45) is 5.41. The van der Waals surface area contributed by atoms with E-state index in [9.17, 15) is 4.79 Å². The molecule has 0 aromatic carbocycles. The van der Waals surface area contributed by atoms with Crippen molar-refractivity contribution < 1.29 is 4.79 Å². The Morgan fingerprint density at radius 2 is 2.38 bits per heavy atom.